The summed E-state index contributed by atoms with van der Waals surface area (Å²) >= 11 is 12.0. The van der Waals surface area contributed by atoms with Crippen molar-refractivity contribution in [2.75, 3.05) is 13.1 Å². The molecule has 0 radical (unpaired) electrons. The number of nitrogens with one attached hydrogen (secondary N) is 3. The summed E-state index contributed by atoms with van der Waals surface area (Å²) in [5.74, 6) is 2.20. The molecule has 5 rings (SSSR count). The number of urea groups is 1. The van der Waals surface area contributed by atoms with Crippen molar-refractivity contribution in [3.8, 4) is 0 Å². The Labute approximate surface area is 191 Å². The van der Waals surface area contributed by atoms with Crippen LogP contribution >= 0.6 is 23.2 Å². The Hall–Kier alpha value is -1.99. The van der Waals surface area contributed by atoms with Crippen LogP contribution in [-0.2, 0) is 4.79 Å². The number of carbonyl (C=O) groups excluding carboxylic acids is 2. The number of carboxylic acid groups (broad SMARTS) is 1. The second-order valence-electron chi connectivity index (χ2n) is 9.04. The molecule has 4 fully saturated rings. The van der Waals surface area contributed by atoms with Gasteiger partial charge in [0.2, 0.25) is 0 Å². The monoisotopic (exact) mass is 467 g/mol. The van der Waals surface area contributed by atoms with Crippen LogP contribution in [0.2, 0.25) is 10.0 Å². The Kier molecular flexibility index (Phi) is 6.63. The molecule has 1 aromatic rings. The van der Waals surface area contributed by atoms with Gasteiger partial charge in [0.05, 0.1) is 22.2 Å². The molecule has 168 valence electrons. The molecule has 31 heavy (non-hydrogen) atoms. The summed E-state index contributed by atoms with van der Waals surface area (Å²) in [5, 5.41) is 17.4. The average Bonchev–Trinajstić information content (AvgIpc) is 3.12. The summed E-state index contributed by atoms with van der Waals surface area (Å²) in [6, 6.07) is 2.82. The lowest BCUT2D eigenvalue weighted by Gasteiger charge is -2.32. The van der Waals surface area contributed by atoms with Crippen molar-refractivity contribution in [1.82, 2.24) is 16.0 Å². The van der Waals surface area contributed by atoms with E-state index in [1.807, 2.05) is 0 Å². The topological polar surface area (TPSA) is 108 Å². The molecule has 0 spiro atoms. The molecule has 5 unspecified atom stereocenters. The third kappa shape index (κ3) is 4.77. The van der Waals surface area contributed by atoms with Crippen LogP contribution in [0.25, 0.3) is 0 Å². The molecule has 0 aliphatic heterocycles. The fraction of sp³-hybridized carbons (Fsp3) is 0.591. The van der Waals surface area contributed by atoms with E-state index in [9.17, 15) is 19.5 Å². The van der Waals surface area contributed by atoms with Gasteiger partial charge in [0.1, 0.15) is 6.04 Å². The van der Waals surface area contributed by atoms with E-state index >= 15 is 0 Å². The van der Waals surface area contributed by atoms with Crippen molar-refractivity contribution in [3.63, 3.8) is 0 Å². The summed E-state index contributed by atoms with van der Waals surface area (Å²) in [7, 11) is 0. The number of carboxylic acids is 1. The normalized spacial score (nSPS) is 28.9. The first-order valence-electron chi connectivity index (χ1n) is 10.8. The summed E-state index contributed by atoms with van der Waals surface area (Å²) in [6.45, 7) is 0.313. The average molecular weight is 468 g/mol. The highest BCUT2D eigenvalue weighted by atomic mass is 35.5. The Morgan fingerprint density at radius 3 is 2.42 bits per heavy atom. The van der Waals surface area contributed by atoms with Crippen molar-refractivity contribution in [2.45, 2.75) is 38.1 Å². The molecule has 4 saturated carbocycles. The molecule has 9 heteroatoms. The zero-order valence-electron chi connectivity index (χ0n) is 17.1. The molecule has 6 atom stereocenters. The first kappa shape index (κ1) is 22.2. The van der Waals surface area contributed by atoms with Crippen LogP contribution in [-0.4, -0.2) is 42.1 Å². The molecule has 0 heterocycles. The van der Waals surface area contributed by atoms with Crippen LogP contribution in [0.15, 0.2) is 18.2 Å². The van der Waals surface area contributed by atoms with Gasteiger partial charge in [0.15, 0.2) is 0 Å². The first-order valence-corrected chi connectivity index (χ1v) is 11.6. The second kappa shape index (κ2) is 9.25. The molecule has 0 aromatic heterocycles. The Morgan fingerprint density at radius 2 is 1.74 bits per heavy atom. The van der Waals surface area contributed by atoms with Crippen LogP contribution in [0, 0.1) is 29.6 Å². The van der Waals surface area contributed by atoms with Gasteiger partial charge in [0.25, 0.3) is 5.91 Å². The van der Waals surface area contributed by atoms with Crippen molar-refractivity contribution in [1.29, 1.82) is 0 Å². The van der Waals surface area contributed by atoms with Crippen LogP contribution in [0.3, 0.4) is 0 Å². The second-order valence-corrected chi connectivity index (χ2v) is 9.86. The van der Waals surface area contributed by atoms with E-state index in [1.165, 1.54) is 37.8 Å². The van der Waals surface area contributed by atoms with Gasteiger partial charge in [-0.15, -0.1) is 0 Å². The van der Waals surface area contributed by atoms with E-state index in [1.54, 1.807) is 6.07 Å². The predicted molar refractivity (Wildman–Crippen MR) is 117 cm³/mol. The van der Waals surface area contributed by atoms with E-state index in [4.69, 9.17) is 23.2 Å². The highest BCUT2D eigenvalue weighted by molar-refractivity contribution is 6.39. The van der Waals surface area contributed by atoms with Crippen molar-refractivity contribution in [3.05, 3.63) is 33.8 Å². The molecule has 1 aromatic carbocycles. The molecule has 0 saturated heterocycles. The van der Waals surface area contributed by atoms with Gasteiger partial charge in [-0.05, 0) is 73.8 Å². The molecule has 7 nitrogen and oxygen atoms in total. The number of hydrogen-bond acceptors (Lipinski definition) is 3. The van der Waals surface area contributed by atoms with Crippen LogP contribution in [0.4, 0.5) is 4.79 Å². The highest BCUT2D eigenvalue weighted by Crippen LogP contribution is 2.61. The van der Waals surface area contributed by atoms with Gasteiger partial charge in [-0.1, -0.05) is 29.3 Å². The number of carbonyl (C=O) groups is 3. The van der Waals surface area contributed by atoms with E-state index in [0.29, 0.717) is 12.5 Å². The van der Waals surface area contributed by atoms with Gasteiger partial charge in [-0.25, -0.2) is 9.59 Å². The number of aliphatic carboxylic acids is 1. The molecule has 3 amide bonds. The minimum Gasteiger partial charge on any atom is -0.480 e. The largest absolute Gasteiger partial charge is 0.480 e. The summed E-state index contributed by atoms with van der Waals surface area (Å²) in [4.78, 5) is 36.1. The van der Waals surface area contributed by atoms with Crippen LogP contribution < -0.4 is 16.0 Å². The molecular weight excluding hydrogens is 441 g/mol. The summed E-state index contributed by atoms with van der Waals surface area (Å²) in [6.07, 6.45) is 6.42. The maximum Gasteiger partial charge on any atom is 0.328 e. The highest BCUT2D eigenvalue weighted by Gasteiger charge is 2.53. The first-order chi connectivity index (χ1) is 14.8. The third-order valence-electron chi connectivity index (χ3n) is 7.27. The SMILES string of the molecule is O=C(NCCC1C2CC3CC(C2)C1C3)NC[C@H](NC(=O)c1c(Cl)cccc1Cl)C(=O)O. The fourth-order valence-corrected chi connectivity index (χ4v) is 6.65. The van der Waals surface area contributed by atoms with E-state index in [0.717, 1.165) is 30.1 Å². The van der Waals surface area contributed by atoms with E-state index in [-0.39, 0.29) is 22.2 Å². The number of amides is 3. The lowest BCUT2D eigenvalue weighted by atomic mass is 9.74. The van der Waals surface area contributed by atoms with E-state index < -0.39 is 23.9 Å². The number of halogens is 2. The maximum atomic E-state index is 12.4. The van der Waals surface area contributed by atoms with Gasteiger partial charge in [-0.2, -0.15) is 0 Å². The summed E-state index contributed by atoms with van der Waals surface area (Å²) < 4.78 is 0. The number of benzene rings is 1. The van der Waals surface area contributed by atoms with Gasteiger partial charge in [-0.3, -0.25) is 4.79 Å². The van der Waals surface area contributed by atoms with Crippen LogP contribution in [0.5, 0.6) is 0 Å². The standard InChI is InChI=1S/C22H27Cl2N3O4/c23-16-2-1-3-17(24)19(16)20(28)27-18(21(29)30)10-26-22(31)25-5-4-14-12-6-11-7-13(9-12)15(14)8-11/h1-3,11-15,18H,4-10H2,(H,27,28)(H,29,30)(H2,25,26,31)/t11?,12?,13?,14?,15?,18-/m0/s1. The minimum atomic E-state index is -1.31. The Morgan fingerprint density at radius 1 is 1.03 bits per heavy atom. The van der Waals surface area contributed by atoms with Crippen molar-refractivity contribution in [2.24, 2.45) is 29.6 Å². The lowest BCUT2D eigenvalue weighted by Crippen LogP contribution is -2.50. The third-order valence-corrected chi connectivity index (χ3v) is 7.90. The zero-order chi connectivity index (χ0) is 22.1. The number of rotatable bonds is 8. The predicted octanol–water partition coefficient (Wildman–Crippen LogP) is 3.55. The molecule has 4 aliphatic rings. The minimum absolute atomic E-state index is 0.00143. The van der Waals surface area contributed by atoms with Gasteiger partial charge < -0.3 is 21.1 Å². The smallest absolute Gasteiger partial charge is 0.328 e. The van der Waals surface area contributed by atoms with Crippen molar-refractivity contribution < 1.29 is 19.5 Å². The Balaban J connectivity index is 1.22. The molecular formula is C22H27Cl2N3O4. The fourth-order valence-electron chi connectivity index (χ4n) is 6.08. The maximum absolute atomic E-state index is 12.4. The summed E-state index contributed by atoms with van der Waals surface area (Å²) in [5.41, 5.74) is 0.00143. The van der Waals surface area contributed by atoms with Crippen molar-refractivity contribution >= 4 is 41.1 Å². The van der Waals surface area contributed by atoms with Gasteiger partial charge in [0, 0.05) is 6.54 Å². The zero-order valence-corrected chi connectivity index (χ0v) is 18.6. The van der Waals surface area contributed by atoms with E-state index in [2.05, 4.69) is 16.0 Å². The molecule has 4 N–H and O–H groups in total. The molecule has 4 bridgehead atoms. The Bertz CT molecular complexity index is 856. The molecule has 4 aliphatic carbocycles. The van der Waals surface area contributed by atoms with Gasteiger partial charge >= 0.3 is 12.0 Å². The van der Waals surface area contributed by atoms with Crippen LogP contribution in [0.1, 0.15) is 42.5 Å². The number of hydrogen-bond donors (Lipinski definition) is 4. The quantitative estimate of drug-likeness (QED) is 0.468. The lowest BCUT2D eigenvalue weighted by molar-refractivity contribution is -0.139.